The summed E-state index contributed by atoms with van der Waals surface area (Å²) in [6.45, 7) is 8.06. The third kappa shape index (κ3) is 1.79. The molecule has 0 atom stereocenters. The first-order chi connectivity index (χ1) is 7.35. The molecular weight excluding hydrogens is 186 g/mol. The first-order valence-electron chi connectivity index (χ1n) is 4.82. The highest BCUT2D eigenvalue weighted by Gasteiger charge is 2.11. The largest absolute Gasteiger partial charge is 0.487 e. The van der Waals surface area contributed by atoms with Crippen molar-refractivity contribution in [1.29, 1.82) is 0 Å². The predicted molar refractivity (Wildman–Crippen MR) is 63.0 cm³/mol. The Balaban J connectivity index is 2.43. The van der Waals surface area contributed by atoms with Crippen LogP contribution in [0.4, 0.5) is 5.69 Å². The Kier molecular flexibility index (Phi) is 2.59. The van der Waals surface area contributed by atoms with E-state index in [4.69, 9.17) is 4.74 Å². The van der Waals surface area contributed by atoms with Crippen molar-refractivity contribution >= 4 is 5.69 Å². The molecule has 1 aliphatic rings. The van der Waals surface area contributed by atoms with Gasteiger partial charge < -0.3 is 10.1 Å². The standard InChI is InChI=1S/C13H13NO/c1-3-10-9-15-13-8-6-5-7-12(13)14-11(10)4-2/h3-8,14H,1-2,9H2. The van der Waals surface area contributed by atoms with Crippen molar-refractivity contribution in [3.05, 3.63) is 60.8 Å². The van der Waals surface area contributed by atoms with Crippen LogP contribution in [0.3, 0.4) is 0 Å². The van der Waals surface area contributed by atoms with Crippen LogP contribution in [0, 0.1) is 0 Å². The van der Waals surface area contributed by atoms with Crippen LogP contribution in [0.1, 0.15) is 0 Å². The molecule has 1 N–H and O–H groups in total. The lowest BCUT2D eigenvalue weighted by Crippen LogP contribution is -2.00. The van der Waals surface area contributed by atoms with Crippen LogP contribution >= 0.6 is 0 Å². The second-order valence-corrected chi connectivity index (χ2v) is 3.26. The first-order valence-corrected chi connectivity index (χ1v) is 4.82. The Hall–Kier alpha value is -1.96. The van der Waals surface area contributed by atoms with Gasteiger partial charge in [-0.25, -0.2) is 0 Å². The molecular formula is C13H13NO. The molecule has 0 saturated carbocycles. The summed E-state index contributed by atoms with van der Waals surface area (Å²) in [4.78, 5) is 0. The van der Waals surface area contributed by atoms with E-state index in [1.54, 1.807) is 12.2 Å². The van der Waals surface area contributed by atoms with E-state index in [0.29, 0.717) is 6.61 Å². The number of hydrogen-bond donors (Lipinski definition) is 1. The van der Waals surface area contributed by atoms with Crippen molar-refractivity contribution in [1.82, 2.24) is 0 Å². The van der Waals surface area contributed by atoms with Crippen LogP contribution in [0.5, 0.6) is 5.75 Å². The van der Waals surface area contributed by atoms with Crippen LogP contribution in [0.25, 0.3) is 0 Å². The van der Waals surface area contributed by atoms with Crippen molar-refractivity contribution in [2.45, 2.75) is 0 Å². The van der Waals surface area contributed by atoms with Gasteiger partial charge in [0.1, 0.15) is 12.4 Å². The third-order valence-electron chi connectivity index (χ3n) is 2.34. The van der Waals surface area contributed by atoms with Crippen molar-refractivity contribution < 1.29 is 4.74 Å². The molecule has 1 aromatic rings. The van der Waals surface area contributed by atoms with Crippen molar-refractivity contribution in [2.75, 3.05) is 11.9 Å². The first kappa shape index (κ1) is 9.59. The molecule has 0 radical (unpaired) electrons. The second-order valence-electron chi connectivity index (χ2n) is 3.26. The number of hydrogen-bond acceptors (Lipinski definition) is 2. The van der Waals surface area contributed by atoms with Gasteiger partial charge in [-0.15, -0.1) is 0 Å². The van der Waals surface area contributed by atoms with Crippen LogP contribution in [-0.2, 0) is 0 Å². The Labute approximate surface area is 89.6 Å². The van der Waals surface area contributed by atoms with Crippen molar-refractivity contribution in [3.8, 4) is 5.75 Å². The lowest BCUT2D eigenvalue weighted by Gasteiger charge is -2.07. The SMILES string of the molecule is C=CC1=C(C=C)Nc2ccccc2OC1. The van der Waals surface area contributed by atoms with Crippen LogP contribution in [-0.4, -0.2) is 6.61 Å². The zero-order valence-electron chi connectivity index (χ0n) is 8.49. The number of allylic oxidation sites excluding steroid dienone is 1. The van der Waals surface area contributed by atoms with Gasteiger partial charge in [-0.3, -0.25) is 0 Å². The summed E-state index contributed by atoms with van der Waals surface area (Å²) in [5.41, 5.74) is 2.93. The number of para-hydroxylation sites is 2. The molecule has 0 aromatic heterocycles. The minimum atomic E-state index is 0.523. The second kappa shape index (κ2) is 4.05. The monoisotopic (exact) mass is 199 g/mol. The normalized spacial score (nSPS) is 14.4. The van der Waals surface area contributed by atoms with E-state index in [9.17, 15) is 0 Å². The topological polar surface area (TPSA) is 21.3 Å². The molecule has 1 heterocycles. The fraction of sp³-hybridized carbons (Fsp3) is 0.0769. The van der Waals surface area contributed by atoms with Crippen molar-refractivity contribution in [3.63, 3.8) is 0 Å². The van der Waals surface area contributed by atoms with Gasteiger partial charge >= 0.3 is 0 Å². The fourth-order valence-corrected chi connectivity index (χ4v) is 1.51. The molecule has 1 aliphatic heterocycles. The summed E-state index contributed by atoms with van der Waals surface area (Å²) in [6, 6.07) is 7.84. The van der Waals surface area contributed by atoms with Gasteiger partial charge in [0.25, 0.3) is 0 Å². The number of fused-ring (bicyclic) bond motifs is 1. The Morgan fingerprint density at radius 2 is 2.00 bits per heavy atom. The van der Waals surface area contributed by atoms with Gasteiger partial charge in [-0.1, -0.05) is 31.4 Å². The summed E-state index contributed by atoms with van der Waals surface area (Å²) in [6.07, 6.45) is 3.57. The summed E-state index contributed by atoms with van der Waals surface area (Å²) in [5, 5.41) is 3.28. The van der Waals surface area contributed by atoms with E-state index in [0.717, 1.165) is 22.7 Å². The summed E-state index contributed by atoms with van der Waals surface area (Å²) in [5.74, 6) is 0.855. The molecule has 0 spiro atoms. The third-order valence-corrected chi connectivity index (χ3v) is 2.34. The van der Waals surface area contributed by atoms with Gasteiger partial charge in [0.2, 0.25) is 0 Å². The highest BCUT2D eigenvalue weighted by molar-refractivity contribution is 5.63. The maximum Gasteiger partial charge on any atom is 0.143 e. The van der Waals surface area contributed by atoms with E-state index < -0.39 is 0 Å². The van der Waals surface area contributed by atoms with Gasteiger partial charge in [-0.2, -0.15) is 0 Å². The Morgan fingerprint density at radius 1 is 1.20 bits per heavy atom. The van der Waals surface area contributed by atoms with E-state index in [1.807, 2.05) is 24.3 Å². The average molecular weight is 199 g/mol. The maximum absolute atomic E-state index is 5.64. The van der Waals surface area contributed by atoms with E-state index in [-0.39, 0.29) is 0 Å². The number of rotatable bonds is 2. The van der Waals surface area contributed by atoms with Gasteiger partial charge in [0.15, 0.2) is 0 Å². The molecule has 0 amide bonds. The Morgan fingerprint density at radius 3 is 2.73 bits per heavy atom. The Bertz CT molecular complexity index is 432. The number of benzene rings is 1. The molecule has 76 valence electrons. The molecule has 2 heteroatoms. The minimum absolute atomic E-state index is 0.523. The fourth-order valence-electron chi connectivity index (χ4n) is 1.51. The molecule has 2 nitrogen and oxygen atoms in total. The number of nitrogens with one attached hydrogen (secondary N) is 1. The molecule has 0 fully saturated rings. The zero-order valence-corrected chi connectivity index (χ0v) is 8.49. The average Bonchev–Trinajstić information content (AvgIpc) is 2.47. The number of anilines is 1. The van der Waals surface area contributed by atoms with E-state index in [2.05, 4.69) is 18.5 Å². The summed E-state index contributed by atoms with van der Waals surface area (Å²) >= 11 is 0. The molecule has 0 unspecified atom stereocenters. The van der Waals surface area contributed by atoms with Crippen LogP contribution in [0.15, 0.2) is 60.8 Å². The van der Waals surface area contributed by atoms with Crippen molar-refractivity contribution in [2.24, 2.45) is 0 Å². The van der Waals surface area contributed by atoms with Crippen LogP contribution < -0.4 is 10.1 Å². The van der Waals surface area contributed by atoms with E-state index in [1.165, 1.54) is 0 Å². The van der Waals surface area contributed by atoms with Gasteiger partial charge in [-0.05, 0) is 18.2 Å². The molecule has 0 aliphatic carbocycles. The maximum atomic E-state index is 5.64. The summed E-state index contributed by atoms with van der Waals surface area (Å²) in [7, 11) is 0. The summed E-state index contributed by atoms with van der Waals surface area (Å²) < 4.78 is 5.64. The smallest absolute Gasteiger partial charge is 0.143 e. The number of ether oxygens (including phenoxy) is 1. The quantitative estimate of drug-likeness (QED) is 0.790. The van der Waals surface area contributed by atoms with Crippen LogP contribution in [0.2, 0.25) is 0 Å². The zero-order chi connectivity index (χ0) is 10.7. The molecule has 0 saturated heterocycles. The molecule has 0 bridgehead atoms. The van der Waals surface area contributed by atoms with Gasteiger partial charge in [0, 0.05) is 11.3 Å². The lowest BCUT2D eigenvalue weighted by atomic mass is 10.2. The van der Waals surface area contributed by atoms with E-state index >= 15 is 0 Å². The highest BCUT2D eigenvalue weighted by atomic mass is 16.5. The predicted octanol–water partition coefficient (Wildman–Crippen LogP) is 3.12. The van der Waals surface area contributed by atoms with Gasteiger partial charge in [0.05, 0.1) is 5.69 Å². The molecule has 2 rings (SSSR count). The highest BCUT2D eigenvalue weighted by Crippen LogP contribution is 2.29. The minimum Gasteiger partial charge on any atom is -0.487 e. The molecule has 1 aromatic carbocycles. The lowest BCUT2D eigenvalue weighted by molar-refractivity contribution is 0.359. The molecule has 15 heavy (non-hydrogen) atoms.